The van der Waals surface area contributed by atoms with Crippen LogP contribution in [-0.4, -0.2) is 34.1 Å². The summed E-state index contributed by atoms with van der Waals surface area (Å²) < 4.78 is 0. The molecule has 0 aromatic carbocycles. The van der Waals surface area contributed by atoms with Gasteiger partial charge < -0.3 is 15.9 Å². The van der Waals surface area contributed by atoms with E-state index in [4.69, 9.17) is 10.8 Å². The van der Waals surface area contributed by atoms with Gasteiger partial charge in [0, 0.05) is 12.8 Å². The van der Waals surface area contributed by atoms with E-state index in [0.717, 1.165) is 25.7 Å². The third-order valence-corrected chi connectivity index (χ3v) is 2.70. The van der Waals surface area contributed by atoms with E-state index in [1.54, 1.807) is 0 Å². The van der Waals surface area contributed by atoms with Crippen molar-refractivity contribution >= 4 is 11.8 Å². The highest BCUT2D eigenvalue weighted by Crippen LogP contribution is 2.08. The van der Waals surface area contributed by atoms with Crippen LogP contribution in [-0.2, 0) is 9.59 Å². The number of aliphatic hydroxyl groups is 1. The standard InChI is InChI=1S/C12H23NO4/c1-2-3-4-5-6-7-9(14)8-10(15)11(13)12(16)17/h10-11,15H,2-8,13H2,1H3,(H,16,17)/t10-,11+/m1/s1. The van der Waals surface area contributed by atoms with Gasteiger partial charge >= 0.3 is 5.97 Å². The molecule has 0 unspecified atom stereocenters. The number of unbranched alkanes of at least 4 members (excludes halogenated alkanes) is 4. The zero-order valence-electron chi connectivity index (χ0n) is 10.4. The summed E-state index contributed by atoms with van der Waals surface area (Å²) in [7, 11) is 0. The molecule has 0 aliphatic rings. The molecule has 2 atom stereocenters. The minimum atomic E-state index is -1.38. The van der Waals surface area contributed by atoms with E-state index >= 15 is 0 Å². The van der Waals surface area contributed by atoms with Crippen molar-refractivity contribution in [1.82, 2.24) is 0 Å². The maximum Gasteiger partial charge on any atom is 0.323 e. The maximum absolute atomic E-state index is 11.4. The number of hydrogen-bond acceptors (Lipinski definition) is 4. The second-order valence-corrected chi connectivity index (χ2v) is 4.34. The smallest absolute Gasteiger partial charge is 0.323 e. The van der Waals surface area contributed by atoms with Gasteiger partial charge in [-0.15, -0.1) is 0 Å². The number of aliphatic carboxylic acids is 1. The van der Waals surface area contributed by atoms with Crippen LogP contribution in [0.25, 0.3) is 0 Å². The van der Waals surface area contributed by atoms with Crippen LogP contribution in [0, 0.1) is 0 Å². The van der Waals surface area contributed by atoms with Gasteiger partial charge in [0.05, 0.1) is 6.10 Å². The molecule has 0 bridgehead atoms. The van der Waals surface area contributed by atoms with Crippen LogP contribution in [0.2, 0.25) is 0 Å². The molecule has 4 N–H and O–H groups in total. The summed E-state index contributed by atoms with van der Waals surface area (Å²) >= 11 is 0. The van der Waals surface area contributed by atoms with Gasteiger partial charge in [0.2, 0.25) is 0 Å². The van der Waals surface area contributed by atoms with Crippen LogP contribution in [0.1, 0.15) is 51.9 Å². The molecule has 0 saturated carbocycles. The lowest BCUT2D eigenvalue weighted by Crippen LogP contribution is -2.42. The Morgan fingerprint density at radius 1 is 1.18 bits per heavy atom. The Labute approximate surface area is 102 Å². The summed E-state index contributed by atoms with van der Waals surface area (Å²) in [5.41, 5.74) is 5.20. The largest absolute Gasteiger partial charge is 0.480 e. The quantitative estimate of drug-likeness (QED) is 0.500. The Kier molecular flexibility index (Phi) is 8.62. The zero-order valence-corrected chi connectivity index (χ0v) is 10.4. The second-order valence-electron chi connectivity index (χ2n) is 4.34. The van der Waals surface area contributed by atoms with Crippen LogP contribution in [0.5, 0.6) is 0 Å². The molecule has 0 heterocycles. The molecule has 0 fully saturated rings. The summed E-state index contributed by atoms with van der Waals surface area (Å²) in [5, 5.41) is 17.9. The summed E-state index contributed by atoms with van der Waals surface area (Å²) in [6, 6.07) is -1.38. The normalized spacial score (nSPS) is 14.3. The first kappa shape index (κ1) is 16.1. The van der Waals surface area contributed by atoms with Gasteiger partial charge in [-0.2, -0.15) is 0 Å². The molecule has 0 rings (SSSR count). The fraction of sp³-hybridized carbons (Fsp3) is 0.833. The van der Waals surface area contributed by atoms with Crippen molar-refractivity contribution in [2.75, 3.05) is 0 Å². The fourth-order valence-corrected chi connectivity index (χ4v) is 1.55. The van der Waals surface area contributed by atoms with Crippen LogP contribution >= 0.6 is 0 Å². The first-order valence-electron chi connectivity index (χ1n) is 6.17. The molecular formula is C12H23NO4. The molecule has 0 aliphatic carbocycles. The molecule has 100 valence electrons. The Morgan fingerprint density at radius 2 is 1.76 bits per heavy atom. The molecule has 5 nitrogen and oxygen atoms in total. The average Bonchev–Trinajstić information content (AvgIpc) is 2.27. The lowest BCUT2D eigenvalue weighted by atomic mass is 10.0. The highest BCUT2D eigenvalue weighted by molar-refractivity contribution is 5.81. The van der Waals surface area contributed by atoms with Crippen molar-refractivity contribution in [3.05, 3.63) is 0 Å². The number of ketones is 1. The second kappa shape index (κ2) is 9.13. The number of nitrogens with two attached hydrogens (primary N) is 1. The number of carbonyl (C=O) groups excluding carboxylic acids is 1. The third kappa shape index (κ3) is 7.88. The summed E-state index contributed by atoms with van der Waals surface area (Å²) in [4.78, 5) is 21.9. The molecular weight excluding hydrogens is 222 g/mol. The highest BCUT2D eigenvalue weighted by atomic mass is 16.4. The van der Waals surface area contributed by atoms with Crippen molar-refractivity contribution in [2.24, 2.45) is 5.73 Å². The average molecular weight is 245 g/mol. The van der Waals surface area contributed by atoms with Crippen LogP contribution in [0.15, 0.2) is 0 Å². The molecule has 0 saturated heterocycles. The van der Waals surface area contributed by atoms with E-state index in [2.05, 4.69) is 6.92 Å². The van der Waals surface area contributed by atoms with Gasteiger partial charge in [0.25, 0.3) is 0 Å². The summed E-state index contributed by atoms with van der Waals surface area (Å²) in [6.07, 6.45) is 4.18. The maximum atomic E-state index is 11.4. The molecule has 0 spiro atoms. The summed E-state index contributed by atoms with van der Waals surface area (Å²) in [6.45, 7) is 2.12. The topological polar surface area (TPSA) is 101 Å². The third-order valence-electron chi connectivity index (χ3n) is 2.70. The molecule has 0 radical (unpaired) electrons. The number of carboxylic acid groups (broad SMARTS) is 1. The molecule has 0 aliphatic heterocycles. The Bertz CT molecular complexity index is 243. The van der Waals surface area contributed by atoms with E-state index in [1.165, 1.54) is 6.42 Å². The SMILES string of the molecule is CCCCCCCC(=O)C[C@@H](O)[C@H](N)C(=O)O. The number of carboxylic acids is 1. The van der Waals surface area contributed by atoms with Crippen molar-refractivity contribution in [2.45, 2.75) is 64.0 Å². The van der Waals surface area contributed by atoms with E-state index in [1.807, 2.05) is 0 Å². The molecule has 17 heavy (non-hydrogen) atoms. The Morgan fingerprint density at radius 3 is 2.29 bits per heavy atom. The van der Waals surface area contributed by atoms with Gasteiger partial charge in [-0.05, 0) is 6.42 Å². The molecule has 0 amide bonds. The van der Waals surface area contributed by atoms with Crippen molar-refractivity contribution in [1.29, 1.82) is 0 Å². The first-order chi connectivity index (χ1) is 7.99. The number of rotatable bonds is 10. The predicted octanol–water partition coefficient (Wildman–Crippen LogP) is 1.08. The van der Waals surface area contributed by atoms with Gasteiger partial charge in [-0.1, -0.05) is 32.6 Å². The van der Waals surface area contributed by atoms with E-state index in [9.17, 15) is 14.7 Å². The van der Waals surface area contributed by atoms with E-state index < -0.39 is 18.1 Å². The van der Waals surface area contributed by atoms with Crippen molar-refractivity contribution in [3.8, 4) is 0 Å². The Balaban J connectivity index is 3.67. The number of hydrogen-bond donors (Lipinski definition) is 3. The first-order valence-corrected chi connectivity index (χ1v) is 6.17. The zero-order chi connectivity index (χ0) is 13.3. The molecule has 5 heteroatoms. The van der Waals surface area contributed by atoms with E-state index in [-0.39, 0.29) is 12.2 Å². The highest BCUT2D eigenvalue weighted by Gasteiger charge is 2.23. The van der Waals surface area contributed by atoms with E-state index in [0.29, 0.717) is 6.42 Å². The van der Waals surface area contributed by atoms with Crippen LogP contribution in [0.4, 0.5) is 0 Å². The Hall–Kier alpha value is -0.940. The van der Waals surface area contributed by atoms with Gasteiger partial charge in [0.15, 0.2) is 0 Å². The monoisotopic (exact) mass is 245 g/mol. The van der Waals surface area contributed by atoms with Gasteiger partial charge in [0.1, 0.15) is 11.8 Å². The number of Topliss-reactive ketones (excluding diaryl/α,β-unsaturated/α-hetero) is 1. The number of carbonyl (C=O) groups is 2. The molecule has 0 aromatic rings. The van der Waals surface area contributed by atoms with Crippen LogP contribution in [0.3, 0.4) is 0 Å². The van der Waals surface area contributed by atoms with Crippen LogP contribution < -0.4 is 5.73 Å². The molecule has 0 aromatic heterocycles. The van der Waals surface area contributed by atoms with Gasteiger partial charge in [-0.25, -0.2) is 0 Å². The predicted molar refractivity (Wildman–Crippen MR) is 64.6 cm³/mol. The fourth-order valence-electron chi connectivity index (χ4n) is 1.55. The lowest BCUT2D eigenvalue weighted by molar-refractivity contribution is -0.141. The number of aliphatic hydroxyl groups excluding tert-OH is 1. The van der Waals surface area contributed by atoms with Gasteiger partial charge in [-0.3, -0.25) is 9.59 Å². The lowest BCUT2D eigenvalue weighted by Gasteiger charge is -2.13. The van der Waals surface area contributed by atoms with Crippen molar-refractivity contribution < 1.29 is 19.8 Å². The minimum Gasteiger partial charge on any atom is -0.480 e. The minimum absolute atomic E-state index is 0.120. The van der Waals surface area contributed by atoms with Crippen molar-refractivity contribution in [3.63, 3.8) is 0 Å². The summed E-state index contributed by atoms with van der Waals surface area (Å²) in [5.74, 6) is -1.40.